The van der Waals surface area contributed by atoms with E-state index in [1.54, 1.807) is 11.3 Å². The van der Waals surface area contributed by atoms with Crippen LogP contribution in [0.4, 0.5) is 0 Å². The average Bonchev–Trinajstić information content (AvgIpc) is 2.57. The third kappa shape index (κ3) is 1.53. The third-order valence-electron chi connectivity index (χ3n) is 2.28. The highest BCUT2D eigenvalue weighted by Crippen LogP contribution is 2.31. The highest BCUT2D eigenvalue weighted by Gasteiger charge is 2.08. The summed E-state index contributed by atoms with van der Waals surface area (Å²) >= 11 is 4.06. The molecule has 0 amide bonds. The van der Waals surface area contributed by atoms with Crippen molar-refractivity contribution in [2.75, 3.05) is 0 Å². The largest absolute Gasteiger partial charge is 0.198 e. The van der Waals surface area contributed by atoms with E-state index in [1.165, 1.54) is 24.8 Å². The van der Waals surface area contributed by atoms with Crippen molar-refractivity contribution in [3.63, 3.8) is 0 Å². The van der Waals surface area contributed by atoms with Crippen LogP contribution in [0.1, 0.15) is 11.1 Å². The lowest BCUT2D eigenvalue weighted by molar-refractivity contribution is 1.29. The van der Waals surface area contributed by atoms with Crippen molar-refractivity contribution in [2.24, 2.45) is 0 Å². The van der Waals surface area contributed by atoms with Crippen LogP contribution < -0.4 is 0 Å². The second kappa shape index (κ2) is 3.87. The Balaban J connectivity index is 2.77. The summed E-state index contributed by atoms with van der Waals surface area (Å²) in [5, 5.41) is 12.1. The molecule has 0 saturated heterocycles. The lowest BCUT2D eigenvalue weighted by Crippen LogP contribution is -1.84. The summed E-state index contributed by atoms with van der Waals surface area (Å²) in [5.41, 5.74) is 2.47. The molecule has 0 saturated carbocycles. The summed E-state index contributed by atoms with van der Waals surface area (Å²) in [6.07, 6.45) is 0.515. The maximum atomic E-state index is 8.71. The molecule has 0 aliphatic rings. The molecule has 0 aliphatic heterocycles. The lowest BCUT2D eigenvalue weighted by Gasteiger charge is -2.01. The fraction of sp³-hybridized carbons (Fsp3) is 0.182. The first-order valence-electron chi connectivity index (χ1n) is 4.26. The van der Waals surface area contributed by atoms with E-state index in [0.717, 1.165) is 0 Å². The number of fused-ring (bicyclic) bond motifs is 1. The van der Waals surface area contributed by atoms with Crippen molar-refractivity contribution >= 4 is 44.0 Å². The first kappa shape index (κ1) is 9.94. The molecule has 14 heavy (non-hydrogen) atoms. The Morgan fingerprint density at radius 1 is 1.50 bits per heavy atom. The Kier molecular flexibility index (Phi) is 2.75. The molecule has 0 radical (unpaired) electrons. The Morgan fingerprint density at radius 2 is 2.29 bits per heavy atom. The third-order valence-corrected chi connectivity index (χ3v) is 4.44. The molecular formula is C11H8INS. The highest BCUT2D eigenvalue weighted by molar-refractivity contribution is 14.1. The Labute approximate surface area is 101 Å². The minimum absolute atomic E-state index is 0.515. The van der Waals surface area contributed by atoms with Crippen LogP contribution >= 0.6 is 33.9 Å². The molecule has 0 spiro atoms. The number of rotatable bonds is 1. The summed E-state index contributed by atoms with van der Waals surface area (Å²) in [6.45, 7) is 2.12. The van der Waals surface area contributed by atoms with Crippen LogP contribution in [0.2, 0.25) is 0 Å². The molecule has 0 N–H and O–H groups in total. The number of nitrogens with zero attached hydrogens (tertiary/aromatic N) is 1. The highest BCUT2D eigenvalue weighted by atomic mass is 127. The zero-order valence-corrected chi connectivity index (χ0v) is 10.6. The molecule has 70 valence electrons. The van der Waals surface area contributed by atoms with E-state index in [2.05, 4.69) is 53.1 Å². The summed E-state index contributed by atoms with van der Waals surface area (Å²) < 4.78 is 2.56. The molecule has 2 aromatic rings. The topological polar surface area (TPSA) is 23.8 Å². The second-order valence-corrected chi connectivity index (χ2v) is 5.21. The van der Waals surface area contributed by atoms with Gasteiger partial charge in [0, 0.05) is 13.7 Å². The van der Waals surface area contributed by atoms with Gasteiger partial charge in [0.15, 0.2) is 0 Å². The fourth-order valence-corrected chi connectivity index (χ4v) is 3.04. The maximum Gasteiger partial charge on any atom is 0.0670 e. The summed E-state index contributed by atoms with van der Waals surface area (Å²) in [4.78, 5) is 0. The molecule has 2 rings (SSSR count). The van der Waals surface area contributed by atoms with Gasteiger partial charge in [-0.3, -0.25) is 0 Å². The van der Waals surface area contributed by atoms with Crippen LogP contribution in [0.15, 0.2) is 17.5 Å². The van der Waals surface area contributed by atoms with Crippen LogP contribution in [0.3, 0.4) is 0 Å². The predicted molar refractivity (Wildman–Crippen MR) is 68.6 cm³/mol. The predicted octanol–water partition coefficient (Wildman–Crippen LogP) is 3.88. The van der Waals surface area contributed by atoms with E-state index in [4.69, 9.17) is 5.26 Å². The van der Waals surface area contributed by atoms with Gasteiger partial charge < -0.3 is 0 Å². The van der Waals surface area contributed by atoms with Gasteiger partial charge in [0.2, 0.25) is 0 Å². The molecule has 0 fully saturated rings. The van der Waals surface area contributed by atoms with Gasteiger partial charge in [0.25, 0.3) is 0 Å². The smallest absolute Gasteiger partial charge is 0.0670 e. The molecule has 1 aromatic carbocycles. The number of hydrogen-bond acceptors (Lipinski definition) is 2. The molecule has 0 aliphatic carbocycles. The van der Waals surface area contributed by atoms with E-state index < -0.39 is 0 Å². The standard InChI is InChI=1S/C11H8INS/c1-7-9(12)2-3-10-11(7)8(4-5-13)6-14-10/h2-3,6H,4H2,1H3. The molecule has 1 nitrogen and oxygen atoms in total. The zero-order valence-electron chi connectivity index (χ0n) is 7.67. The quantitative estimate of drug-likeness (QED) is 0.733. The van der Waals surface area contributed by atoms with Crippen LogP contribution in [0, 0.1) is 21.8 Å². The van der Waals surface area contributed by atoms with Crippen molar-refractivity contribution in [3.8, 4) is 6.07 Å². The van der Waals surface area contributed by atoms with Gasteiger partial charge in [-0.2, -0.15) is 5.26 Å². The van der Waals surface area contributed by atoms with Gasteiger partial charge in [-0.15, -0.1) is 11.3 Å². The van der Waals surface area contributed by atoms with Gasteiger partial charge in [-0.25, -0.2) is 0 Å². The van der Waals surface area contributed by atoms with Crippen molar-refractivity contribution < 1.29 is 0 Å². The van der Waals surface area contributed by atoms with Gasteiger partial charge >= 0.3 is 0 Å². The fourth-order valence-electron chi connectivity index (χ4n) is 1.57. The number of aryl methyl sites for hydroxylation is 1. The van der Waals surface area contributed by atoms with Crippen LogP contribution in [0.25, 0.3) is 10.1 Å². The summed E-state index contributed by atoms with van der Waals surface area (Å²) in [7, 11) is 0. The number of thiophene rings is 1. The first-order chi connectivity index (χ1) is 6.74. The Morgan fingerprint density at radius 3 is 3.00 bits per heavy atom. The van der Waals surface area contributed by atoms with E-state index in [1.807, 2.05) is 0 Å². The van der Waals surface area contributed by atoms with Gasteiger partial charge in [-0.1, -0.05) is 0 Å². The van der Waals surface area contributed by atoms with E-state index in [9.17, 15) is 0 Å². The van der Waals surface area contributed by atoms with E-state index in [-0.39, 0.29) is 0 Å². The average molecular weight is 313 g/mol. The molecular weight excluding hydrogens is 305 g/mol. The van der Waals surface area contributed by atoms with Crippen LogP contribution in [-0.4, -0.2) is 0 Å². The molecule has 0 atom stereocenters. The molecule has 1 heterocycles. The number of hydrogen-bond donors (Lipinski definition) is 0. The molecule has 0 bridgehead atoms. The normalized spacial score (nSPS) is 10.4. The van der Waals surface area contributed by atoms with Crippen molar-refractivity contribution in [2.45, 2.75) is 13.3 Å². The van der Waals surface area contributed by atoms with Crippen molar-refractivity contribution in [3.05, 3.63) is 32.2 Å². The molecule has 1 aromatic heterocycles. The number of nitriles is 1. The minimum atomic E-state index is 0.515. The minimum Gasteiger partial charge on any atom is -0.198 e. The summed E-state index contributed by atoms with van der Waals surface area (Å²) in [5.74, 6) is 0. The van der Waals surface area contributed by atoms with Gasteiger partial charge in [0.05, 0.1) is 12.5 Å². The first-order valence-corrected chi connectivity index (χ1v) is 6.22. The summed E-state index contributed by atoms with van der Waals surface area (Å²) in [6, 6.07) is 6.48. The Hall–Kier alpha value is -0.600. The zero-order chi connectivity index (χ0) is 10.1. The monoisotopic (exact) mass is 313 g/mol. The number of halogens is 1. The lowest BCUT2D eigenvalue weighted by atomic mass is 10.1. The van der Waals surface area contributed by atoms with E-state index in [0.29, 0.717) is 6.42 Å². The second-order valence-electron chi connectivity index (χ2n) is 3.14. The van der Waals surface area contributed by atoms with Gasteiger partial charge in [0.1, 0.15) is 0 Å². The van der Waals surface area contributed by atoms with Gasteiger partial charge in [-0.05, 0) is 58.2 Å². The number of benzene rings is 1. The van der Waals surface area contributed by atoms with E-state index >= 15 is 0 Å². The van der Waals surface area contributed by atoms with Crippen LogP contribution in [-0.2, 0) is 6.42 Å². The maximum absolute atomic E-state index is 8.71. The molecule has 3 heteroatoms. The Bertz CT molecular complexity index is 522. The van der Waals surface area contributed by atoms with Crippen molar-refractivity contribution in [1.29, 1.82) is 5.26 Å². The van der Waals surface area contributed by atoms with Crippen molar-refractivity contribution in [1.82, 2.24) is 0 Å². The van der Waals surface area contributed by atoms with Crippen LogP contribution in [0.5, 0.6) is 0 Å². The molecule has 0 unspecified atom stereocenters. The SMILES string of the molecule is Cc1c(I)ccc2scc(CC#N)c12.